The Labute approximate surface area is 208 Å². The Kier molecular flexibility index (Phi) is 7.20. The first-order chi connectivity index (χ1) is 17.3. The number of aromatic nitrogens is 2. The summed E-state index contributed by atoms with van der Waals surface area (Å²) in [6.45, 7) is 0. The minimum atomic E-state index is -4.31. The van der Waals surface area contributed by atoms with Crippen LogP contribution in [0.2, 0.25) is 0 Å². The smallest absolute Gasteiger partial charge is 0.332 e. The summed E-state index contributed by atoms with van der Waals surface area (Å²) in [6, 6.07) is 18.9. The van der Waals surface area contributed by atoms with Crippen molar-refractivity contribution in [2.24, 2.45) is 0 Å². The molecule has 0 aliphatic heterocycles. The molecule has 0 saturated carbocycles. The summed E-state index contributed by atoms with van der Waals surface area (Å²) < 4.78 is 33.8. The predicted molar refractivity (Wildman–Crippen MR) is 136 cm³/mol. The normalized spacial score (nSPS) is 12.1. The number of methoxy groups -OCH3 is 1. The van der Waals surface area contributed by atoms with E-state index in [0.717, 1.165) is 9.54 Å². The molecule has 0 aliphatic rings. The molecule has 0 saturated heterocycles. The van der Waals surface area contributed by atoms with E-state index < -0.39 is 28.2 Å². The van der Waals surface area contributed by atoms with Crippen LogP contribution in [-0.4, -0.2) is 49.5 Å². The Morgan fingerprint density at radius 3 is 2.44 bits per heavy atom. The molecule has 0 aliphatic carbocycles. The van der Waals surface area contributed by atoms with Crippen LogP contribution in [0.3, 0.4) is 0 Å². The summed E-state index contributed by atoms with van der Waals surface area (Å²) >= 11 is 0. The standard InChI is InChI=1S/C25H25N5O5S/c1-29(20-10-12-21(35-2)13-11-20)24(31)22(17-18-7-4-3-5-8-18)27-25(32)28-36(33,34)30-16-14-19-9-6-15-26-23(19)30/h3-16,22H,17H2,1-2H3,(H2,27,28,32)/t22-/m0/s1. The number of nitrogens with zero attached hydrogens (tertiary/aromatic N) is 3. The Morgan fingerprint density at radius 1 is 1.03 bits per heavy atom. The first-order valence-electron chi connectivity index (χ1n) is 11.0. The van der Waals surface area contributed by atoms with Gasteiger partial charge in [-0.2, -0.15) is 8.42 Å². The number of anilines is 1. The molecule has 0 unspecified atom stereocenters. The van der Waals surface area contributed by atoms with Crippen LogP contribution in [0.25, 0.3) is 11.0 Å². The van der Waals surface area contributed by atoms with Gasteiger partial charge >= 0.3 is 16.2 Å². The molecule has 1 atom stereocenters. The van der Waals surface area contributed by atoms with E-state index in [-0.39, 0.29) is 12.1 Å². The number of hydrogen-bond donors (Lipinski definition) is 2. The third-order valence-electron chi connectivity index (χ3n) is 5.57. The highest BCUT2D eigenvalue weighted by atomic mass is 32.2. The van der Waals surface area contributed by atoms with Crippen molar-refractivity contribution in [2.45, 2.75) is 12.5 Å². The van der Waals surface area contributed by atoms with Gasteiger partial charge in [0.2, 0.25) is 5.91 Å². The summed E-state index contributed by atoms with van der Waals surface area (Å²) in [5, 5.41) is 3.12. The molecule has 0 bridgehead atoms. The number of likely N-dealkylation sites (N-methyl/N-ethyl adjacent to an activating group) is 1. The van der Waals surface area contributed by atoms with Gasteiger partial charge in [-0.3, -0.25) is 4.79 Å². The Balaban J connectivity index is 1.55. The molecule has 10 nitrogen and oxygen atoms in total. The zero-order valence-corrected chi connectivity index (χ0v) is 20.5. The SMILES string of the molecule is COc1ccc(N(C)C(=O)[C@H](Cc2ccccc2)NC(=O)NS(=O)(=O)n2ccc3cccnc32)cc1. The lowest BCUT2D eigenvalue weighted by molar-refractivity contribution is -0.120. The monoisotopic (exact) mass is 507 g/mol. The summed E-state index contributed by atoms with van der Waals surface area (Å²) in [4.78, 5) is 31.7. The lowest BCUT2D eigenvalue weighted by Gasteiger charge is -2.25. The maximum absolute atomic E-state index is 13.4. The van der Waals surface area contributed by atoms with Crippen LogP contribution in [0, 0.1) is 0 Å². The first kappa shape index (κ1) is 24.7. The van der Waals surface area contributed by atoms with E-state index >= 15 is 0 Å². The van der Waals surface area contributed by atoms with Crippen molar-refractivity contribution >= 4 is 38.9 Å². The second-order valence-electron chi connectivity index (χ2n) is 7.95. The number of amides is 3. The highest BCUT2D eigenvalue weighted by Gasteiger charge is 2.28. The summed E-state index contributed by atoms with van der Waals surface area (Å²) in [5.74, 6) is 0.208. The zero-order valence-electron chi connectivity index (χ0n) is 19.7. The number of hydrogen-bond acceptors (Lipinski definition) is 6. The average Bonchev–Trinajstić information content (AvgIpc) is 3.33. The van der Waals surface area contributed by atoms with Crippen molar-refractivity contribution in [3.63, 3.8) is 0 Å². The fraction of sp³-hybridized carbons (Fsp3) is 0.160. The van der Waals surface area contributed by atoms with Gasteiger partial charge in [0.25, 0.3) is 0 Å². The number of fused-ring (bicyclic) bond motifs is 1. The van der Waals surface area contributed by atoms with Crippen LogP contribution in [0.4, 0.5) is 10.5 Å². The number of ether oxygens (including phenoxy) is 1. The van der Waals surface area contributed by atoms with Crippen molar-refractivity contribution in [1.82, 2.24) is 19.0 Å². The van der Waals surface area contributed by atoms with Crippen LogP contribution < -0.4 is 19.7 Å². The quantitative estimate of drug-likeness (QED) is 0.378. The predicted octanol–water partition coefficient (Wildman–Crippen LogP) is 2.71. The Bertz CT molecular complexity index is 1470. The molecule has 3 amide bonds. The van der Waals surface area contributed by atoms with Gasteiger partial charge in [-0.15, -0.1) is 0 Å². The summed E-state index contributed by atoms with van der Waals surface area (Å²) in [7, 11) is -1.19. The molecule has 4 aromatic rings. The second kappa shape index (κ2) is 10.5. The molecule has 11 heteroatoms. The Hall–Kier alpha value is -4.38. The average molecular weight is 508 g/mol. The van der Waals surface area contributed by atoms with Crippen LogP contribution >= 0.6 is 0 Å². The molecule has 2 heterocycles. The van der Waals surface area contributed by atoms with Crippen LogP contribution in [0.15, 0.2) is 85.2 Å². The maximum atomic E-state index is 13.4. The minimum Gasteiger partial charge on any atom is -0.497 e. The van der Waals surface area contributed by atoms with E-state index in [2.05, 4.69) is 10.3 Å². The van der Waals surface area contributed by atoms with Crippen LogP contribution in [0.5, 0.6) is 5.75 Å². The van der Waals surface area contributed by atoms with Gasteiger partial charge in [0.15, 0.2) is 5.65 Å². The lowest BCUT2D eigenvalue weighted by Crippen LogP contribution is -2.53. The molecule has 4 rings (SSSR count). The molecule has 2 N–H and O–H groups in total. The van der Waals surface area contributed by atoms with Crippen molar-refractivity contribution in [3.8, 4) is 5.75 Å². The van der Waals surface area contributed by atoms with Gasteiger partial charge in [0.05, 0.1) is 7.11 Å². The lowest BCUT2D eigenvalue weighted by atomic mass is 10.0. The van der Waals surface area contributed by atoms with E-state index in [1.54, 1.807) is 56.6 Å². The number of pyridine rings is 1. The first-order valence-corrected chi connectivity index (χ1v) is 12.4. The number of carbonyl (C=O) groups excluding carboxylic acids is 2. The van der Waals surface area contributed by atoms with Gasteiger partial charge in [-0.05, 0) is 48.0 Å². The van der Waals surface area contributed by atoms with E-state index in [1.165, 1.54) is 17.3 Å². The zero-order chi connectivity index (χ0) is 25.7. The molecular formula is C25H25N5O5S. The van der Waals surface area contributed by atoms with E-state index in [4.69, 9.17) is 4.74 Å². The molecular weight excluding hydrogens is 482 g/mol. The molecule has 0 radical (unpaired) electrons. The number of rotatable bonds is 8. The van der Waals surface area contributed by atoms with Gasteiger partial charge in [-0.1, -0.05) is 30.3 Å². The van der Waals surface area contributed by atoms with Crippen molar-refractivity contribution < 1.29 is 22.7 Å². The number of urea groups is 1. The maximum Gasteiger partial charge on any atom is 0.332 e. The fourth-order valence-corrected chi connectivity index (χ4v) is 4.70. The molecule has 186 valence electrons. The summed E-state index contributed by atoms with van der Waals surface area (Å²) in [5.41, 5.74) is 1.55. The second-order valence-corrected chi connectivity index (χ2v) is 9.49. The van der Waals surface area contributed by atoms with Crippen molar-refractivity contribution in [2.75, 3.05) is 19.1 Å². The highest BCUT2D eigenvalue weighted by Crippen LogP contribution is 2.20. The van der Waals surface area contributed by atoms with E-state index in [1.807, 2.05) is 35.1 Å². The van der Waals surface area contributed by atoms with Crippen molar-refractivity contribution in [3.05, 3.63) is 90.8 Å². The molecule has 36 heavy (non-hydrogen) atoms. The largest absolute Gasteiger partial charge is 0.497 e. The van der Waals surface area contributed by atoms with Gasteiger partial charge in [0.1, 0.15) is 11.8 Å². The fourth-order valence-electron chi connectivity index (χ4n) is 3.71. The number of benzene rings is 2. The van der Waals surface area contributed by atoms with Crippen LogP contribution in [-0.2, 0) is 21.4 Å². The van der Waals surface area contributed by atoms with Crippen LogP contribution in [0.1, 0.15) is 5.56 Å². The molecule has 0 fully saturated rings. The molecule has 2 aromatic carbocycles. The van der Waals surface area contributed by atoms with E-state index in [0.29, 0.717) is 16.8 Å². The van der Waals surface area contributed by atoms with Gasteiger partial charge in [-0.25, -0.2) is 18.5 Å². The van der Waals surface area contributed by atoms with E-state index in [9.17, 15) is 18.0 Å². The number of nitrogens with one attached hydrogen (secondary N) is 2. The highest BCUT2D eigenvalue weighted by molar-refractivity contribution is 7.88. The van der Waals surface area contributed by atoms with Gasteiger partial charge < -0.3 is 15.0 Å². The molecule has 0 spiro atoms. The third-order valence-corrected chi connectivity index (χ3v) is 6.83. The van der Waals surface area contributed by atoms with Gasteiger partial charge in [0, 0.05) is 36.9 Å². The van der Waals surface area contributed by atoms with Crippen molar-refractivity contribution in [1.29, 1.82) is 0 Å². The third kappa shape index (κ3) is 5.47. The summed E-state index contributed by atoms with van der Waals surface area (Å²) in [6.07, 6.45) is 2.91. The molecule has 2 aromatic heterocycles. The topological polar surface area (TPSA) is 123 Å². The Morgan fingerprint density at radius 2 is 1.75 bits per heavy atom. The number of carbonyl (C=O) groups is 2. The minimum absolute atomic E-state index is 0.154.